The van der Waals surface area contributed by atoms with E-state index >= 15 is 0 Å². The van der Waals surface area contributed by atoms with Crippen molar-refractivity contribution < 1.29 is 4.39 Å². The maximum absolute atomic E-state index is 13.6. The number of hydrogen-bond acceptors (Lipinski definition) is 0. The minimum absolute atomic E-state index is 0.133. The third-order valence-electron chi connectivity index (χ3n) is 4.40. The van der Waals surface area contributed by atoms with Gasteiger partial charge in [-0.05, 0) is 54.0 Å². The molecule has 1 atom stereocenters. The van der Waals surface area contributed by atoms with Crippen molar-refractivity contribution in [3.63, 3.8) is 0 Å². The van der Waals surface area contributed by atoms with Crippen LogP contribution in [0.5, 0.6) is 0 Å². The smallest absolute Gasteiger partial charge is 0.126 e. The molecule has 2 aromatic rings. The first kappa shape index (κ1) is 16.7. The lowest BCUT2D eigenvalue weighted by molar-refractivity contribution is 0.469. The van der Waals surface area contributed by atoms with Gasteiger partial charge in [0.1, 0.15) is 5.82 Å². The zero-order chi connectivity index (χ0) is 15.9. The van der Waals surface area contributed by atoms with Gasteiger partial charge in [-0.25, -0.2) is 4.39 Å². The van der Waals surface area contributed by atoms with Crippen molar-refractivity contribution in [1.29, 1.82) is 0 Å². The predicted octanol–water partition coefficient (Wildman–Crippen LogP) is 6.56. The molecule has 0 aliphatic carbocycles. The molecule has 1 heteroatoms. The first-order valence-corrected chi connectivity index (χ1v) is 8.45. The molecule has 22 heavy (non-hydrogen) atoms. The van der Waals surface area contributed by atoms with Gasteiger partial charge in [0.2, 0.25) is 0 Å². The lowest BCUT2D eigenvalue weighted by Gasteiger charge is -2.10. The van der Waals surface area contributed by atoms with Gasteiger partial charge in [-0.1, -0.05) is 69.5 Å². The predicted molar refractivity (Wildman–Crippen MR) is 93.6 cm³/mol. The molecule has 0 saturated heterocycles. The first-order chi connectivity index (χ1) is 10.6. The maximum Gasteiger partial charge on any atom is 0.126 e. The van der Waals surface area contributed by atoms with Crippen molar-refractivity contribution in [3.8, 4) is 11.1 Å². The van der Waals surface area contributed by atoms with E-state index in [1.54, 1.807) is 13.0 Å². The van der Waals surface area contributed by atoms with Crippen molar-refractivity contribution in [2.45, 2.75) is 52.9 Å². The zero-order valence-electron chi connectivity index (χ0n) is 14.0. The Morgan fingerprint density at radius 1 is 0.955 bits per heavy atom. The summed E-state index contributed by atoms with van der Waals surface area (Å²) in [5, 5.41) is 0. The summed E-state index contributed by atoms with van der Waals surface area (Å²) in [5.74, 6) is 0.700. The lowest BCUT2D eigenvalue weighted by atomic mass is 9.96. The van der Waals surface area contributed by atoms with Gasteiger partial charge in [0.15, 0.2) is 0 Å². The van der Waals surface area contributed by atoms with Crippen LogP contribution in [0.1, 0.15) is 50.7 Å². The Labute approximate surface area is 134 Å². The highest BCUT2D eigenvalue weighted by molar-refractivity contribution is 5.64. The van der Waals surface area contributed by atoms with Crippen LogP contribution in [0.15, 0.2) is 42.5 Å². The molecule has 2 aromatic carbocycles. The molecule has 0 bridgehead atoms. The quantitative estimate of drug-likeness (QED) is 0.543. The Bertz CT molecular complexity index is 583. The average molecular weight is 298 g/mol. The normalized spacial score (nSPS) is 12.4. The second kappa shape index (κ2) is 8.12. The molecule has 0 aliphatic rings. The van der Waals surface area contributed by atoms with Crippen molar-refractivity contribution in [1.82, 2.24) is 0 Å². The summed E-state index contributed by atoms with van der Waals surface area (Å²) in [6.45, 7) is 6.39. The van der Waals surface area contributed by atoms with E-state index in [0.717, 1.165) is 23.5 Å². The van der Waals surface area contributed by atoms with E-state index in [1.165, 1.54) is 31.2 Å². The summed E-state index contributed by atoms with van der Waals surface area (Å²) in [4.78, 5) is 0. The molecule has 0 heterocycles. The van der Waals surface area contributed by atoms with Crippen LogP contribution < -0.4 is 0 Å². The molecular weight excluding hydrogens is 271 g/mol. The SMILES string of the molecule is CCCC(C)CCCc1ccc(-c2ccc(C)c(F)c2)cc1. The van der Waals surface area contributed by atoms with Crippen LogP contribution in [0.4, 0.5) is 4.39 Å². The van der Waals surface area contributed by atoms with Crippen LogP contribution in [0.3, 0.4) is 0 Å². The van der Waals surface area contributed by atoms with Gasteiger partial charge in [-0.15, -0.1) is 0 Å². The van der Waals surface area contributed by atoms with Crippen LogP contribution >= 0.6 is 0 Å². The molecule has 2 rings (SSSR count). The van der Waals surface area contributed by atoms with Gasteiger partial charge in [0.05, 0.1) is 0 Å². The molecule has 0 nitrogen and oxygen atoms in total. The highest BCUT2D eigenvalue weighted by Crippen LogP contribution is 2.23. The van der Waals surface area contributed by atoms with Crippen LogP contribution in [0.25, 0.3) is 11.1 Å². The second-order valence-electron chi connectivity index (χ2n) is 6.45. The number of hydrogen-bond donors (Lipinski definition) is 0. The highest BCUT2D eigenvalue weighted by atomic mass is 19.1. The molecule has 0 saturated carbocycles. The Balaban J connectivity index is 1.94. The Morgan fingerprint density at radius 2 is 1.64 bits per heavy atom. The third-order valence-corrected chi connectivity index (χ3v) is 4.40. The number of halogens is 1. The Morgan fingerprint density at radius 3 is 2.27 bits per heavy atom. The minimum Gasteiger partial charge on any atom is -0.207 e. The minimum atomic E-state index is -0.133. The average Bonchev–Trinajstić information content (AvgIpc) is 2.51. The fourth-order valence-corrected chi connectivity index (χ4v) is 2.93. The molecule has 0 radical (unpaired) electrons. The Hall–Kier alpha value is -1.63. The topological polar surface area (TPSA) is 0 Å². The van der Waals surface area contributed by atoms with E-state index in [1.807, 2.05) is 12.1 Å². The zero-order valence-corrected chi connectivity index (χ0v) is 14.0. The van der Waals surface area contributed by atoms with Gasteiger partial charge < -0.3 is 0 Å². The standard InChI is InChI=1S/C21H27F/c1-4-6-16(2)7-5-8-18-10-13-19(14-11-18)20-12-9-17(3)21(22)15-20/h9-16H,4-8H2,1-3H3. The lowest BCUT2D eigenvalue weighted by Crippen LogP contribution is -1.95. The summed E-state index contributed by atoms with van der Waals surface area (Å²) in [6, 6.07) is 14.0. The van der Waals surface area contributed by atoms with Gasteiger partial charge in [-0.3, -0.25) is 0 Å². The first-order valence-electron chi connectivity index (χ1n) is 8.45. The molecule has 0 aliphatic heterocycles. The molecule has 0 spiro atoms. The number of benzene rings is 2. The van der Waals surface area contributed by atoms with Crippen molar-refractivity contribution >= 4 is 0 Å². The fraction of sp³-hybridized carbons (Fsp3) is 0.429. The summed E-state index contributed by atoms with van der Waals surface area (Å²) in [6.07, 6.45) is 6.30. The summed E-state index contributed by atoms with van der Waals surface area (Å²) < 4.78 is 13.6. The fourth-order valence-electron chi connectivity index (χ4n) is 2.93. The summed E-state index contributed by atoms with van der Waals surface area (Å²) >= 11 is 0. The highest BCUT2D eigenvalue weighted by Gasteiger charge is 2.04. The molecule has 0 amide bonds. The third kappa shape index (κ3) is 4.69. The van der Waals surface area contributed by atoms with Gasteiger partial charge >= 0.3 is 0 Å². The van der Waals surface area contributed by atoms with E-state index in [2.05, 4.69) is 38.1 Å². The second-order valence-corrected chi connectivity index (χ2v) is 6.45. The summed E-state index contributed by atoms with van der Waals surface area (Å²) in [7, 11) is 0. The molecule has 0 fully saturated rings. The van der Waals surface area contributed by atoms with E-state index < -0.39 is 0 Å². The van der Waals surface area contributed by atoms with E-state index in [-0.39, 0.29) is 5.82 Å². The molecule has 1 unspecified atom stereocenters. The van der Waals surface area contributed by atoms with Crippen molar-refractivity contribution in [3.05, 3.63) is 59.4 Å². The molecule has 0 N–H and O–H groups in total. The van der Waals surface area contributed by atoms with Crippen LogP contribution in [-0.4, -0.2) is 0 Å². The molecular formula is C21H27F. The van der Waals surface area contributed by atoms with Gasteiger partial charge in [-0.2, -0.15) is 0 Å². The van der Waals surface area contributed by atoms with Crippen LogP contribution in [-0.2, 0) is 6.42 Å². The van der Waals surface area contributed by atoms with Gasteiger partial charge in [0, 0.05) is 0 Å². The molecule has 118 valence electrons. The van der Waals surface area contributed by atoms with Crippen LogP contribution in [0.2, 0.25) is 0 Å². The monoisotopic (exact) mass is 298 g/mol. The van der Waals surface area contributed by atoms with Crippen LogP contribution in [0, 0.1) is 18.7 Å². The van der Waals surface area contributed by atoms with Crippen molar-refractivity contribution in [2.75, 3.05) is 0 Å². The maximum atomic E-state index is 13.6. The Kier molecular flexibility index (Phi) is 6.18. The van der Waals surface area contributed by atoms with Crippen molar-refractivity contribution in [2.24, 2.45) is 5.92 Å². The van der Waals surface area contributed by atoms with E-state index in [0.29, 0.717) is 5.56 Å². The largest absolute Gasteiger partial charge is 0.207 e. The molecule has 0 aromatic heterocycles. The summed E-state index contributed by atoms with van der Waals surface area (Å²) in [5.41, 5.74) is 4.11. The van der Waals surface area contributed by atoms with Gasteiger partial charge in [0.25, 0.3) is 0 Å². The number of rotatable bonds is 7. The van der Waals surface area contributed by atoms with E-state index in [9.17, 15) is 4.39 Å². The van der Waals surface area contributed by atoms with E-state index in [4.69, 9.17) is 0 Å². The number of aryl methyl sites for hydroxylation is 2.